The maximum Gasteiger partial charge on any atom is 0.153 e. The quantitative estimate of drug-likeness (QED) is 0.752. The van der Waals surface area contributed by atoms with Gasteiger partial charge < -0.3 is 9.84 Å². The van der Waals surface area contributed by atoms with Crippen molar-refractivity contribution in [3.05, 3.63) is 29.8 Å². The van der Waals surface area contributed by atoms with E-state index in [0.29, 0.717) is 11.3 Å². The van der Waals surface area contributed by atoms with E-state index in [1.54, 1.807) is 24.3 Å². The first-order chi connectivity index (χ1) is 7.15. The fourth-order valence-electron chi connectivity index (χ4n) is 1.08. The second kappa shape index (κ2) is 5.51. The number of ether oxygens (including phenoxy) is 1. The summed E-state index contributed by atoms with van der Waals surface area (Å²) in [5.41, 5.74) is 0.508. The molecule has 0 aliphatic heterocycles. The average Bonchev–Trinajstić information content (AvgIpc) is 2.26. The third-order valence-corrected chi connectivity index (χ3v) is 2.23. The van der Waals surface area contributed by atoms with Crippen LogP contribution in [0, 0.1) is 5.92 Å². The fourth-order valence-corrected chi connectivity index (χ4v) is 1.08. The molecule has 0 saturated carbocycles. The van der Waals surface area contributed by atoms with Crippen molar-refractivity contribution in [2.45, 2.75) is 20.0 Å². The molecule has 1 N–H and O–H groups in total. The Morgan fingerprint density at radius 1 is 1.40 bits per heavy atom. The van der Waals surface area contributed by atoms with Gasteiger partial charge in [-0.2, -0.15) is 0 Å². The predicted molar refractivity (Wildman–Crippen MR) is 58.2 cm³/mol. The van der Waals surface area contributed by atoms with Crippen LogP contribution in [0.25, 0.3) is 0 Å². The van der Waals surface area contributed by atoms with Crippen molar-refractivity contribution in [2.24, 2.45) is 5.92 Å². The van der Waals surface area contributed by atoms with Crippen LogP contribution in [0.3, 0.4) is 0 Å². The van der Waals surface area contributed by atoms with E-state index in [9.17, 15) is 9.90 Å². The Morgan fingerprint density at radius 2 is 2.07 bits per heavy atom. The van der Waals surface area contributed by atoms with E-state index in [1.165, 1.54) is 0 Å². The molecule has 0 fully saturated rings. The number of carbonyl (C=O) groups is 1. The van der Waals surface area contributed by atoms with Gasteiger partial charge in [-0.05, 0) is 18.1 Å². The predicted octanol–water partition coefficient (Wildman–Crippen LogP) is 1.89. The van der Waals surface area contributed by atoms with Crippen molar-refractivity contribution in [3.63, 3.8) is 0 Å². The van der Waals surface area contributed by atoms with Gasteiger partial charge in [0.05, 0.1) is 11.7 Å². The summed E-state index contributed by atoms with van der Waals surface area (Å²) in [6, 6.07) is 6.97. The molecule has 1 atom stereocenters. The van der Waals surface area contributed by atoms with E-state index in [1.807, 2.05) is 13.8 Å². The fraction of sp³-hybridized carbons (Fsp3) is 0.417. The molecule has 0 saturated heterocycles. The van der Waals surface area contributed by atoms with Gasteiger partial charge in [0.15, 0.2) is 6.29 Å². The standard InChI is InChI=1S/C12H16O3/c1-9(2)11(14)8-15-12-6-4-3-5-10(12)7-13/h3-7,9,11,14H,8H2,1-2H3/t11-/m0/s1. The van der Waals surface area contributed by atoms with E-state index >= 15 is 0 Å². The summed E-state index contributed by atoms with van der Waals surface area (Å²) in [5, 5.41) is 9.54. The molecule has 1 aromatic rings. The van der Waals surface area contributed by atoms with E-state index < -0.39 is 6.10 Å². The summed E-state index contributed by atoms with van der Waals surface area (Å²) >= 11 is 0. The lowest BCUT2D eigenvalue weighted by molar-refractivity contribution is 0.0696. The maximum atomic E-state index is 10.7. The molecule has 15 heavy (non-hydrogen) atoms. The number of hydrogen-bond acceptors (Lipinski definition) is 3. The highest BCUT2D eigenvalue weighted by Gasteiger charge is 2.10. The van der Waals surface area contributed by atoms with Gasteiger partial charge in [-0.15, -0.1) is 0 Å². The van der Waals surface area contributed by atoms with Gasteiger partial charge in [0.1, 0.15) is 12.4 Å². The van der Waals surface area contributed by atoms with Gasteiger partial charge in [-0.1, -0.05) is 26.0 Å². The van der Waals surface area contributed by atoms with Gasteiger partial charge in [-0.3, -0.25) is 4.79 Å². The normalized spacial score (nSPS) is 12.5. The number of para-hydroxylation sites is 1. The first-order valence-electron chi connectivity index (χ1n) is 5.00. The minimum absolute atomic E-state index is 0.147. The number of hydrogen-bond donors (Lipinski definition) is 1. The first-order valence-corrected chi connectivity index (χ1v) is 5.00. The first kappa shape index (κ1) is 11.7. The van der Waals surface area contributed by atoms with Gasteiger partial charge in [-0.25, -0.2) is 0 Å². The van der Waals surface area contributed by atoms with Gasteiger partial charge in [0.2, 0.25) is 0 Å². The van der Waals surface area contributed by atoms with Crippen molar-refractivity contribution in [1.82, 2.24) is 0 Å². The number of rotatable bonds is 5. The van der Waals surface area contributed by atoms with Crippen molar-refractivity contribution in [3.8, 4) is 5.75 Å². The van der Waals surface area contributed by atoms with Crippen LogP contribution in [-0.2, 0) is 0 Å². The smallest absolute Gasteiger partial charge is 0.153 e. The summed E-state index contributed by atoms with van der Waals surface area (Å²) in [6.07, 6.45) is 0.238. The second-order valence-electron chi connectivity index (χ2n) is 3.78. The Balaban J connectivity index is 2.61. The van der Waals surface area contributed by atoms with Crippen LogP contribution in [0.1, 0.15) is 24.2 Å². The largest absolute Gasteiger partial charge is 0.490 e. The zero-order valence-corrected chi connectivity index (χ0v) is 9.01. The minimum Gasteiger partial charge on any atom is -0.490 e. The molecular weight excluding hydrogens is 192 g/mol. The lowest BCUT2D eigenvalue weighted by Crippen LogP contribution is -2.23. The lowest BCUT2D eigenvalue weighted by atomic mass is 10.1. The third kappa shape index (κ3) is 3.36. The summed E-state index contributed by atoms with van der Waals surface area (Å²) in [7, 11) is 0. The SMILES string of the molecule is CC(C)[C@@H](O)COc1ccccc1C=O. The van der Waals surface area contributed by atoms with Crippen LogP contribution in [0.4, 0.5) is 0 Å². The zero-order chi connectivity index (χ0) is 11.3. The number of aldehydes is 1. The molecule has 3 nitrogen and oxygen atoms in total. The highest BCUT2D eigenvalue weighted by molar-refractivity contribution is 5.79. The van der Waals surface area contributed by atoms with E-state index in [0.717, 1.165) is 6.29 Å². The number of benzene rings is 1. The molecule has 1 aromatic carbocycles. The van der Waals surface area contributed by atoms with E-state index in [-0.39, 0.29) is 12.5 Å². The molecule has 0 radical (unpaired) electrons. The third-order valence-electron chi connectivity index (χ3n) is 2.23. The maximum absolute atomic E-state index is 10.7. The van der Waals surface area contributed by atoms with Crippen molar-refractivity contribution < 1.29 is 14.6 Å². The molecule has 0 heterocycles. The average molecular weight is 208 g/mol. The monoisotopic (exact) mass is 208 g/mol. The Bertz CT molecular complexity index is 320. The second-order valence-corrected chi connectivity index (χ2v) is 3.78. The highest BCUT2D eigenvalue weighted by Crippen LogP contribution is 2.16. The summed E-state index contributed by atoms with van der Waals surface area (Å²) in [4.78, 5) is 10.7. The molecule has 1 rings (SSSR count). The molecule has 82 valence electrons. The van der Waals surface area contributed by atoms with Crippen molar-refractivity contribution >= 4 is 6.29 Å². The van der Waals surface area contributed by atoms with E-state index in [2.05, 4.69) is 0 Å². The van der Waals surface area contributed by atoms with E-state index in [4.69, 9.17) is 4.74 Å². The van der Waals surface area contributed by atoms with Crippen molar-refractivity contribution in [1.29, 1.82) is 0 Å². The molecule has 0 spiro atoms. The highest BCUT2D eigenvalue weighted by atomic mass is 16.5. The van der Waals surface area contributed by atoms with Crippen LogP contribution < -0.4 is 4.74 Å². The topological polar surface area (TPSA) is 46.5 Å². The van der Waals surface area contributed by atoms with Crippen LogP contribution in [0.15, 0.2) is 24.3 Å². The Labute approximate surface area is 89.7 Å². The van der Waals surface area contributed by atoms with Crippen LogP contribution in [0.2, 0.25) is 0 Å². The summed E-state index contributed by atoms with van der Waals surface area (Å²) in [5.74, 6) is 0.667. The Hall–Kier alpha value is -1.35. The number of aliphatic hydroxyl groups excluding tert-OH is 1. The Morgan fingerprint density at radius 3 is 2.67 bits per heavy atom. The molecule has 0 amide bonds. The minimum atomic E-state index is -0.510. The number of carbonyl (C=O) groups excluding carboxylic acids is 1. The van der Waals surface area contributed by atoms with Crippen LogP contribution in [0.5, 0.6) is 5.75 Å². The molecule has 0 unspecified atom stereocenters. The molecule has 0 aliphatic rings. The lowest BCUT2D eigenvalue weighted by Gasteiger charge is -2.15. The van der Waals surface area contributed by atoms with Gasteiger partial charge in [0, 0.05) is 0 Å². The van der Waals surface area contributed by atoms with Gasteiger partial charge in [0.25, 0.3) is 0 Å². The van der Waals surface area contributed by atoms with Crippen LogP contribution >= 0.6 is 0 Å². The summed E-state index contributed by atoms with van der Waals surface area (Å²) < 4.78 is 5.37. The molecule has 0 aliphatic carbocycles. The molecule has 3 heteroatoms. The summed E-state index contributed by atoms with van der Waals surface area (Å²) in [6.45, 7) is 4.04. The van der Waals surface area contributed by atoms with Crippen LogP contribution in [-0.4, -0.2) is 24.1 Å². The van der Waals surface area contributed by atoms with Gasteiger partial charge >= 0.3 is 0 Å². The molecular formula is C12H16O3. The molecule has 0 bridgehead atoms. The Kier molecular flexibility index (Phi) is 4.31. The number of aliphatic hydroxyl groups is 1. The van der Waals surface area contributed by atoms with Crippen molar-refractivity contribution in [2.75, 3.05) is 6.61 Å². The molecule has 0 aromatic heterocycles. The zero-order valence-electron chi connectivity index (χ0n) is 9.01.